The van der Waals surface area contributed by atoms with Crippen LogP contribution in [0.2, 0.25) is 0 Å². The summed E-state index contributed by atoms with van der Waals surface area (Å²) in [6.07, 6.45) is -0.237. The molecule has 2 aromatic rings. The lowest BCUT2D eigenvalue weighted by Gasteiger charge is -2.26. The number of nitrogens with one attached hydrogen (secondary N) is 1. The molecule has 1 aromatic carbocycles. The highest BCUT2D eigenvalue weighted by Crippen LogP contribution is 2.30. The first-order valence-corrected chi connectivity index (χ1v) is 7.81. The summed E-state index contributed by atoms with van der Waals surface area (Å²) in [6.45, 7) is 2.55. The smallest absolute Gasteiger partial charge is 0.307 e. The quantitative estimate of drug-likeness (QED) is 0.918. The van der Waals surface area contributed by atoms with Crippen molar-refractivity contribution < 1.29 is 14.3 Å². The van der Waals surface area contributed by atoms with E-state index in [0.717, 1.165) is 17.0 Å². The van der Waals surface area contributed by atoms with Crippen LogP contribution in [0.15, 0.2) is 34.4 Å². The van der Waals surface area contributed by atoms with E-state index in [1.165, 1.54) is 4.57 Å². The van der Waals surface area contributed by atoms with Crippen LogP contribution in [0.25, 0.3) is 0 Å². The third kappa shape index (κ3) is 3.14. The van der Waals surface area contributed by atoms with E-state index in [1.807, 2.05) is 24.3 Å². The number of aryl methyl sites for hydroxylation is 1. The number of fused-ring (bicyclic) bond motifs is 1. The molecule has 22 heavy (non-hydrogen) atoms. The van der Waals surface area contributed by atoms with Crippen molar-refractivity contribution in [2.24, 2.45) is 0 Å². The normalized spacial score (nSPS) is 16.3. The average molecular weight is 320 g/mol. The van der Waals surface area contributed by atoms with Crippen LogP contribution >= 0.6 is 11.3 Å². The van der Waals surface area contributed by atoms with Gasteiger partial charge in [-0.15, -0.1) is 0 Å². The number of aromatic nitrogens is 1. The fourth-order valence-corrected chi connectivity index (χ4v) is 2.92. The van der Waals surface area contributed by atoms with Crippen molar-refractivity contribution >= 4 is 17.2 Å². The van der Waals surface area contributed by atoms with Crippen LogP contribution in [0, 0.1) is 6.92 Å². The van der Waals surface area contributed by atoms with E-state index in [9.17, 15) is 9.59 Å². The van der Waals surface area contributed by atoms with Gasteiger partial charge < -0.3 is 14.8 Å². The fraction of sp³-hybridized carbons (Fsp3) is 0.333. The van der Waals surface area contributed by atoms with E-state index in [0.29, 0.717) is 24.7 Å². The molecule has 3 rings (SSSR count). The number of ether oxygens (including phenoxy) is 2. The summed E-state index contributed by atoms with van der Waals surface area (Å²) in [5.74, 6) is 1.18. The Bertz CT molecular complexity index is 737. The zero-order valence-electron chi connectivity index (χ0n) is 12.1. The summed E-state index contributed by atoms with van der Waals surface area (Å²) in [5, 5.41) is 4.52. The molecule has 0 spiro atoms. The summed E-state index contributed by atoms with van der Waals surface area (Å²) >= 11 is 1.09. The lowest BCUT2D eigenvalue weighted by molar-refractivity contribution is -0.122. The maximum absolute atomic E-state index is 11.9. The summed E-state index contributed by atoms with van der Waals surface area (Å²) in [4.78, 5) is 23.4. The SMILES string of the molecule is Cc1csc(=O)n1CC(=O)NCC1COc2ccccc2O1. The molecule has 2 heterocycles. The first-order chi connectivity index (χ1) is 10.6. The number of thiazole rings is 1. The van der Waals surface area contributed by atoms with Crippen LogP contribution in [0.1, 0.15) is 5.69 Å². The van der Waals surface area contributed by atoms with Gasteiger partial charge in [-0.3, -0.25) is 14.2 Å². The Balaban J connectivity index is 1.53. The number of rotatable bonds is 4. The van der Waals surface area contributed by atoms with Gasteiger partial charge in [0.25, 0.3) is 0 Å². The molecule has 1 aliphatic rings. The Morgan fingerprint density at radius 2 is 2.18 bits per heavy atom. The molecule has 1 amide bonds. The predicted octanol–water partition coefficient (Wildman–Crippen LogP) is 1.17. The lowest BCUT2D eigenvalue weighted by Crippen LogP contribution is -2.42. The highest BCUT2D eigenvalue weighted by Gasteiger charge is 2.21. The minimum absolute atomic E-state index is 0.0261. The lowest BCUT2D eigenvalue weighted by atomic mass is 10.2. The van der Waals surface area contributed by atoms with Gasteiger partial charge in [-0.1, -0.05) is 23.5 Å². The molecule has 1 aliphatic heterocycles. The molecule has 0 saturated heterocycles. The molecular formula is C15H16N2O4S. The zero-order valence-corrected chi connectivity index (χ0v) is 12.9. The molecular weight excluding hydrogens is 304 g/mol. The average Bonchev–Trinajstić information content (AvgIpc) is 2.84. The van der Waals surface area contributed by atoms with Crippen molar-refractivity contribution in [1.29, 1.82) is 0 Å². The zero-order chi connectivity index (χ0) is 15.5. The first kappa shape index (κ1) is 14.6. The van der Waals surface area contributed by atoms with Crippen LogP contribution in [0.3, 0.4) is 0 Å². The number of carbonyl (C=O) groups is 1. The minimum Gasteiger partial charge on any atom is -0.486 e. The number of benzene rings is 1. The second-order valence-corrected chi connectivity index (χ2v) is 5.85. The maximum atomic E-state index is 11.9. The minimum atomic E-state index is -0.237. The van der Waals surface area contributed by atoms with Crippen molar-refractivity contribution in [2.45, 2.75) is 19.6 Å². The van der Waals surface area contributed by atoms with Gasteiger partial charge >= 0.3 is 4.87 Å². The Hall–Kier alpha value is -2.28. The molecule has 0 saturated carbocycles. The standard InChI is InChI=1S/C15H16N2O4S/c1-10-9-22-15(19)17(10)7-14(18)16-6-11-8-20-12-4-2-3-5-13(12)21-11/h2-5,9,11H,6-8H2,1H3,(H,16,18). The molecule has 1 aromatic heterocycles. The van der Waals surface area contributed by atoms with Gasteiger partial charge in [0, 0.05) is 11.1 Å². The van der Waals surface area contributed by atoms with Gasteiger partial charge in [0.15, 0.2) is 11.5 Å². The first-order valence-electron chi connectivity index (χ1n) is 6.93. The van der Waals surface area contributed by atoms with Crippen molar-refractivity contribution in [3.05, 3.63) is 45.0 Å². The third-order valence-corrected chi connectivity index (χ3v) is 4.25. The summed E-state index contributed by atoms with van der Waals surface area (Å²) in [7, 11) is 0. The van der Waals surface area contributed by atoms with Crippen molar-refractivity contribution in [3.63, 3.8) is 0 Å². The highest BCUT2D eigenvalue weighted by atomic mass is 32.1. The van der Waals surface area contributed by atoms with E-state index in [-0.39, 0.29) is 23.4 Å². The Kier molecular flexibility index (Phi) is 4.15. The van der Waals surface area contributed by atoms with E-state index < -0.39 is 0 Å². The number of hydrogen-bond donors (Lipinski definition) is 1. The van der Waals surface area contributed by atoms with Gasteiger partial charge in [-0.2, -0.15) is 0 Å². The number of hydrogen-bond acceptors (Lipinski definition) is 5. The number of carbonyl (C=O) groups excluding carboxylic acids is 1. The molecule has 116 valence electrons. The molecule has 0 bridgehead atoms. The third-order valence-electron chi connectivity index (χ3n) is 3.37. The van der Waals surface area contributed by atoms with Crippen molar-refractivity contribution in [3.8, 4) is 11.5 Å². The molecule has 0 aliphatic carbocycles. The van der Waals surface area contributed by atoms with Crippen LogP contribution in [-0.2, 0) is 11.3 Å². The molecule has 6 nitrogen and oxygen atoms in total. The van der Waals surface area contributed by atoms with Gasteiger partial charge in [0.1, 0.15) is 19.3 Å². The Morgan fingerprint density at radius 1 is 1.41 bits per heavy atom. The highest BCUT2D eigenvalue weighted by molar-refractivity contribution is 7.07. The van der Waals surface area contributed by atoms with Gasteiger partial charge in [0.2, 0.25) is 5.91 Å². The van der Waals surface area contributed by atoms with Crippen molar-refractivity contribution in [2.75, 3.05) is 13.2 Å². The molecule has 0 radical (unpaired) electrons. The summed E-state index contributed by atoms with van der Waals surface area (Å²) < 4.78 is 12.8. The Morgan fingerprint density at radius 3 is 2.91 bits per heavy atom. The number of para-hydroxylation sites is 2. The van der Waals surface area contributed by atoms with Gasteiger partial charge in [-0.25, -0.2) is 0 Å². The summed E-state index contributed by atoms with van der Waals surface area (Å²) in [6, 6.07) is 7.42. The molecule has 1 atom stereocenters. The van der Waals surface area contributed by atoms with Gasteiger partial charge in [-0.05, 0) is 19.1 Å². The monoisotopic (exact) mass is 320 g/mol. The molecule has 1 N–H and O–H groups in total. The topological polar surface area (TPSA) is 69.6 Å². The van der Waals surface area contributed by atoms with E-state index in [1.54, 1.807) is 12.3 Å². The van der Waals surface area contributed by atoms with Crippen LogP contribution < -0.4 is 19.7 Å². The van der Waals surface area contributed by atoms with E-state index >= 15 is 0 Å². The molecule has 0 fully saturated rings. The predicted molar refractivity (Wildman–Crippen MR) is 82.7 cm³/mol. The molecule has 7 heteroatoms. The second-order valence-electron chi connectivity index (χ2n) is 5.03. The maximum Gasteiger partial charge on any atom is 0.307 e. The van der Waals surface area contributed by atoms with Crippen LogP contribution in [0.4, 0.5) is 0 Å². The van der Waals surface area contributed by atoms with E-state index in [4.69, 9.17) is 9.47 Å². The fourth-order valence-electron chi connectivity index (χ4n) is 2.19. The number of amides is 1. The largest absolute Gasteiger partial charge is 0.486 e. The second kappa shape index (κ2) is 6.23. The van der Waals surface area contributed by atoms with Crippen molar-refractivity contribution in [1.82, 2.24) is 9.88 Å². The van der Waals surface area contributed by atoms with Gasteiger partial charge in [0.05, 0.1) is 6.54 Å². The Labute approximate surface area is 131 Å². The summed E-state index contributed by atoms with van der Waals surface area (Å²) in [5.41, 5.74) is 0.788. The van der Waals surface area contributed by atoms with Crippen LogP contribution in [-0.4, -0.2) is 29.7 Å². The van der Waals surface area contributed by atoms with E-state index in [2.05, 4.69) is 5.32 Å². The molecule has 1 unspecified atom stereocenters. The van der Waals surface area contributed by atoms with Crippen LogP contribution in [0.5, 0.6) is 11.5 Å². The number of nitrogens with zero attached hydrogens (tertiary/aromatic N) is 1.